The smallest absolute Gasteiger partial charge is 0.150 e. The molecule has 0 amide bonds. The molecular formula is C15H26N4. The van der Waals surface area contributed by atoms with Crippen LogP contribution in [0.5, 0.6) is 0 Å². The van der Waals surface area contributed by atoms with Crippen LogP contribution in [0.15, 0.2) is 6.20 Å². The van der Waals surface area contributed by atoms with E-state index in [4.69, 9.17) is 4.98 Å². The van der Waals surface area contributed by atoms with Gasteiger partial charge in [-0.05, 0) is 46.6 Å². The highest BCUT2D eigenvalue weighted by Gasteiger charge is 2.29. The van der Waals surface area contributed by atoms with Crippen molar-refractivity contribution in [3.63, 3.8) is 0 Å². The number of nitrogens with zero attached hydrogens (tertiary/aromatic N) is 3. The van der Waals surface area contributed by atoms with Crippen LogP contribution in [0.25, 0.3) is 0 Å². The summed E-state index contributed by atoms with van der Waals surface area (Å²) in [5.74, 6) is 1.08. The van der Waals surface area contributed by atoms with Crippen molar-refractivity contribution in [2.45, 2.75) is 59.0 Å². The first-order chi connectivity index (χ1) is 9.13. The fraction of sp³-hybridized carbons (Fsp3) is 0.733. The summed E-state index contributed by atoms with van der Waals surface area (Å²) >= 11 is 0. The average Bonchev–Trinajstić information content (AvgIpc) is 2.42. The van der Waals surface area contributed by atoms with Crippen LogP contribution in [0.3, 0.4) is 0 Å². The number of rotatable bonds is 4. The molecule has 2 atom stereocenters. The molecule has 1 aromatic rings. The van der Waals surface area contributed by atoms with Gasteiger partial charge in [0.1, 0.15) is 0 Å². The predicted octanol–water partition coefficient (Wildman–Crippen LogP) is 2.45. The highest BCUT2D eigenvalue weighted by atomic mass is 15.2. The Morgan fingerprint density at radius 3 is 2.95 bits per heavy atom. The molecule has 0 aliphatic carbocycles. The topological polar surface area (TPSA) is 41.0 Å². The zero-order chi connectivity index (χ0) is 13.8. The van der Waals surface area contributed by atoms with Gasteiger partial charge in [-0.1, -0.05) is 6.92 Å². The Morgan fingerprint density at radius 2 is 2.21 bits per heavy atom. The van der Waals surface area contributed by atoms with Gasteiger partial charge in [0.05, 0.1) is 11.4 Å². The lowest BCUT2D eigenvalue weighted by Gasteiger charge is -2.40. The standard InChI is InChI=1S/C15H26N4/c1-5-16-12(3)14-8-6-7-9-19(14)15-13(4)17-10-11(2)18-15/h10,12,14,16H,5-9H2,1-4H3. The van der Waals surface area contributed by atoms with E-state index in [9.17, 15) is 0 Å². The Morgan fingerprint density at radius 1 is 1.42 bits per heavy atom. The van der Waals surface area contributed by atoms with Crippen molar-refractivity contribution in [3.8, 4) is 0 Å². The third-order valence-corrected chi connectivity index (χ3v) is 3.98. The molecule has 106 valence electrons. The van der Waals surface area contributed by atoms with Crippen LogP contribution in [0, 0.1) is 13.8 Å². The van der Waals surface area contributed by atoms with Crippen LogP contribution in [0.2, 0.25) is 0 Å². The van der Waals surface area contributed by atoms with E-state index in [-0.39, 0.29) is 0 Å². The maximum Gasteiger partial charge on any atom is 0.150 e. The van der Waals surface area contributed by atoms with Crippen LogP contribution in [0.1, 0.15) is 44.5 Å². The number of piperidine rings is 1. The van der Waals surface area contributed by atoms with E-state index < -0.39 is 0 Å². The quantitative estimate of drug-likeness (QED) is 0.905. The van der Waals surface area contributed by atoms with Gasteiger partial charge in [0, 0.05) is 24.8 Å². The van der Waals surface area contributed by atoms with E-state index >= 15 is 0 Å². The molecule has 0 radical (unpaired) electrons. The second-order valence-electron chi connectivity index (χ2n) is 5.52. The Balaban J connectivity index is 2.25. The second-order valence-corrected chi connectivity index (χ2v) is 5.52. The SMILES string of the molecule is CCNC(C)C1CCCCN1c1nc(C)cnc1C. The molecule has 19 heavy (non-hydrogen) atoms. The highest BCUT2D eigenvalue weighted by molar-refractivity contribution is 5.45. The predicted molar refractivity (Wildman–Crippen MR) is 79.6 cm³/mol. The summed E-state index contributed by atoms with van der Waals surface area (Å²) in [7, 11) is 0. The number of hydrogen-bond acceptors (Lipinski definition) is 4. The van der Waals surface area contributed by atoms with Gasteiger partial charge >= 0.3 is 0 Å². The van der Waals surface area contributed by atoms with Gasteiger partial charge < -0.3 is 10.2 Å². The van der Waals surface area contributed by atoms with Gasteiger partial charge in [-0.25, -0.2) is 4.98 Å². The molecule has 1 fully saturated rings. The molecule has 0 saturated carbocycles. The summed E-state index contributed by atoms with van der Waals surface area (Å²) < 4.78 is 0. The molecule has 1 aliphatic rings. The molecule has 0 aromatic carbocycles. The lowest BCUT2D eigenvalue weighted by Crippen LogP contribution is -2.51. The Labute approximate surface area is 116 Å². The van der Waals surface area contributed by atoms with E-state index in [0.29, 0.717) is 12.1 Å². The van der Waals surface area contributed by atoms with Crippen molar-refractivity contribution in [2.24, 2.45) is 0 Å². The Kier molecular flexibility index (Phi) is 4.75. The van der Waals surface area contributed by atoms with Crippen LogP contribution in [0.4, 0.5) is 5.82 Å². The number of hydrogen-bond donors (Lipinski definition) is 1. The van der Waals surface area contributed by atoms with E-state index in [2.05, 4.69) is 36.0 Å². The maximum absolute atomic E-state index is 4.72. The number of anilines is 1. The van der Waals surface area contributed by atoms with E-state index in [1.807, 2.05) is 13.1 Å². The normalized spacial score (nSPS) is 21.5. The van der Waals surface area contributed by atoms with Crippen molar-refractivity contribution in [2.75, 3.05) is 18.0 Å². The van der Waals surface area contributed by atoms with Gasteiger partial charge in [-0.3, -0.25) is 4.98 Å². The molecular weight excluding hydrogens is 236 g/mol. The van der Waals surface area contributed by atoms with Gasteiger partial charge in [0.25, 0.3) is 0 Å². The zero-order valence-electron chi connectivity index (χ0n) is 12.6. The molecule has 0 spiro atoms. The minimum atomic E-state index is 0.493. The summed E-state index contributed by atoms with van der Waals surface area (Å²) in [4.78, 5) is 11.7. The van der Waals surface area contributed by atoms with Crippen molar-refractivity contribution < 1.29 is 0 Å². The first kappa shape index (κ1) is 14.3. The number of likely N-dealkylation sites (N-methyl/N-ethyl adjacent to an activating group) is 1. The minimum Gasteiger partial charge on any atom is -0.351 e. The molecule has 1 saturated heterocycles. The molecule has 0 bridgehead atoms. The third kappa shape index (κ3) is 3.24. The van der Waals surface area contributed by atoms with Crippen LogP contribution >= 0.6 is 0 Å². The average molecular weight is 262 g/mol. The number of aromatic nitrogens is 2. The maximum atomic E-state index is 4.72. The first-order valence-corrected chi connectivity index (χ1v) is 7.43. The largest absolute Gasteiger partial charge is 0.351 e. The highest BCUT2D eigenvalue weighted by Crippen LogP contribution is 2.27. The summed E-state index contributed by atoms with van der Waals surface area (Å²) in [6.45, 7) is 10.6. The van der Waals surface area contributed by atoms with E-state index in [1.165, 1.54) is 19.3 Å². The van der Waals surface area contributed by atoms with Gasteiger partial charge in [-0.15, -0.1) is 0 Å². The van der Waals surface area contributed by atoms with E-state index in [0.717, 1.165) is 30.3 Å². The summed E-state index contributed by atoms with van der Waals surface area (Å²) in [6, 6.07) is 1.02. The van der Waals surface area contributed by atoms with Crippen molar-refractivity contribution in [1.29, 1.82) is 0 Å². The van der Waals surface area contributed by atoms with Gasteiger partial charge in [0.2, 0.25) is 0 Å². The lowest BCUT2D eigenvalue weighted by atomic mass is 9.96. The summed E-state index contributed by atoms with van der Waals surface area (Å²) in [6.07, 6.45) is 5.66. The van der Waals surface area contributed by atoms with Crippen molar-refractivity contribution in [1.82, 2.24) is 15.3 Å². The Hall–Kier alpha value is -1.16. The fourth-order valence-electron chi connectivity index (χ4n) is 3.00. The monoisotopic (exact) mass is 262 g/mol. The van der Waals surface area contributed by atoms with Crippen LogP contribution in [-0.4, -0.2) is 35.1 Å². The van der Waals surface area contributed by atoms with Crippen LogP contribution in [-0.2, 0) is 0 Å². The minimum absolute atomic E-state index is 0.493. The second kappa shape index (κ2) is 6.33. The molecule has 1 aromatic heterocycles. The van der Waals surface area contributed by atoms with Gasteiger partial charge in [0.15, 0.2) is 5.82 Å². The first-order valence-electron chi connectivity index (χ1n) is 7.43. The van der Waals surface area contributed by atoms with E-state index in [1.54, 1.807) is 0 Å². The zero-order valence-corrected chi connectivity index (χ0v) is 12.6. The molecule has 2 rings (SSSR count). The number of nitrogens with one attached hydrogen (secondary N) is 1. The molecule has 2 heterocycles. The van der Waals surface area contributed by atoms with Crippen molar-refractivity contribution in [3.05, 3.63) is 17.6 Å². The summed E-state index contributed by atoms with van der Waals surface area (Å²) in [5, 5.41) is 3.56. The van der Waals surface area contributed by atoms with Crippen molar-refractivity contribution >= 4 is 5.82 Å². The van der Waals surface area contributed by atoms with Gasteiger partial charge in [-0.2, -0.15) is 0 Å². The molecule has 4 heteroatoms. The molecule has 4 nitrogen and oxygen atoms in total. The molecule has 2 unspecified atom stereocenters. The van der Waals surface area contributed by atoms with Crippen LogP contribution < -0.4 is 10.2 Å². The third-order valence-electron chi connectivity index (χ3n) is 3.98. The number of aryl methyl sites for hydroxylation is 2. The Bertz CT molecular complexity index is 419. The fourth-order valence-corrected chi connectivity index (χ4v) is 3.00. The summed E-state index contributed by atoms with van der Waals surface area (Å²) in [5.41, 5.74) is 2.04. The molecule has 1 aliphatic heterocycles. The molecule has 1 N–H and O–H groups in total. The lowest BCUT2D eigenvalue weighted by molar-refractivity contribution is 0.369.